The molecule has 2 N–H and O–H groups in total. The molecule has 1 aromatic heterocycles. The van der Waals surface area contributed by atoms with E-state index in [1.54, 1.807) is 4.68 Å². The Morgan fingerprint density at radius 1 is 1.00 bits per heavy atom. The van der Waals surface area contributed by atoms with Gasteiger partial charge < -0.3 is 5.73 Å². The molecule has 0 bridgehead atoms. The van der Waals surface area contributed by atoms with Crippen LogP contribution in [0.5, 0.6) is 0 Å². The van der Waals surface area contributed by atoms with E-state index in [0.29, 0.717) is 5.82 Å². The van der Waals surface area contributed by atoms with Crippen LogP contribution in [-0.4, -0.2) is 9.78 Å². The van der Waals surface area contributed by atoms with Gasteiger partial charge in [-0.05, 0) is 17.7 Å². The molecule has 0 amide bonds. The molecule has 3 nitrogen and oxygen atoms in total. The number of aryl methyl sites for hydroxylation is 1. The lowest BCUT2D eigenvalue weighted by molar-refractivity contribution is 0.782. The Labute approximate surface area is 126 Å². The van der Waals surface area contributed by atoms with Crippen LogP contribution in [0.1, 0.15) is 0 Å². The van der Waals surface area contributed by atoms with Gasteiger partial charge in [0.25, 0.3) is 0 Å². The van der Waals surface area contributed by atoms with Gasteiger partial charge in [0, 0.05) is 17.1 Å². The van der Waals surface area contributed by atoms with Crippen LogP contribution < -0.4 is 5.73 Å². The average Bonchev–Trinajstić information content (AvgIpc) is 2.76. The van der Waals surface area contributed by atoms with Crippen LogP contribution in [0, 0.1) is 0 Å². The highest BCUT2D eigenvalue weighted by Gasteiger charge is 2.17. The van der Waals surface area contributed by atoms with E-state index in [1.807, 2.05) is 49.5 Å². The predicted octanol–water partition coefficient (Wildman–Crippen LogP) is 4.10. The maximum atomic E-state index is 6.20. The van der Waals surface area contributed by atoms with Crippen molar-refractivity contribution in [1.82, 2.24) is 9.78 Å². The lowest BCUT2D eigenvalue weighted by Gasteiger charge is -2.04. The number of aromatic nitrogens is 2. The zero-order chi connectivity index (χ0) is 14.1. The van der Waals surface area contributed by atoms with E-state index in [2.05, 4.69) is 33.2 Å². The maximum absolute atomic E-state index is 6.20. The standard InChI is InChI=1S/C16H14BrN3/c1-20-16(18)14(11-6-3-2-4-7-11)15(19-20)12-8-5-9-13(17)10-12/h2-10H,18H2,1H3. The molecule has 0 aliphatic rings. The van der Waals surface area contributed by atoms with Gasteiger partial charge in [-0.2, -0.15) is 5.10 Å². The molecule has 0 aliphatic heterocycles. The highest BCUT2D eigenvalue weighted by Crippen LogP contribution is 2.36. The minimum Gasteiger partial charge on any atom is -0.383 e. The highest BCUT2D eigenvalue weighted by molar-refractivity contribution is 9.10. The monoisotopic (exact) mass is 327 g/mol. The summed E-state index contributed by atoms with van der Waals surface area (Å²) in [5, 5.41) is 4.57. The van der Waals surface area contributed by atoms with Crippen LogP contribution in [0.4, 0.5) is 5.82 Å². The lowest BCUT2D eigenvalue weighted by atomic mass is 10.0. The highest BCUT2D eigenvalue weighted by atomic mass is 79.9. The fourth-order valence-corrected chi connectivity index (χ4v) is 2.66. The summed E-state index contributed by atoms with van der Waals surface area (Å²) in [4.78, 5) is 0. The van der Waals surface area contributed by atoms with Crippen LogP contribution in [-0.2, 0) is 7.05 Å². The minimum atomic E-state index is 0.672. The zero-order valence-electron chi connectivity index (χ0n) is 11.0. The van der Waals surface area contributed by atoms with Crippen molar-refractivity contribution >= 4 is 21.7 Å². The minimum absolute atomic E-state index is 0.672. The molecule has 100 valence electrons. The quantitative estimate of drug-likeness (QED) is 0.770. The van der Waals surface area contributed by atoms with Crippen LogP contribution in [0.2, 0.25) is 0 Å². The van der Waals surface area contributed by atoms with Gasteiger partial charge in [0.1, 0.15) is 11.5 Å². The largest absolute Gasteiger partial charge is 0.383 e. The number of halogens is 1. The van der Waals surface area contributed by atoms with Gasteiger partial charge in [-0.3, -0.25) is 4.68 Å². The second kappa shape index (κ2) is 5.13. The first-order valence-corrected chi connectivity index (χ1v) is 7.10. The van der Waals surface area contributed by atoms with Crippen molar-refractivity contribution in [2.75, 3.05) is 5.73 Å². The van der Waals surface area contributed by atoms with Crippen LogP contribution in [0.15, 0.2) is 59.1 Å². The summed E-state index contributed by atoms with van der Waals surface area (Å²) in [6.07, 6.45) is 0. The number of nitrogens with two attached hydrogens (primary N) is 1. The van der Waals surface area contributed by atoms with Gasteiger partial charge in [0.15, 0.2) is 0 Å². The Balaban J connectivity index is 2.25. The van der Waals surface area contributed by atoms with Crippen LogP contribution in [0.3, 0.4) is 0 Å². The molecular weight excluding hydrogens is 314 g/mol. The van der Waals surface area contributed by atoms with E-state index in [0.717, 1.165) is 26.9 Å². The summed E-state index contributed by atoms with van der Waals surface area (Å²) in [7, 11) is 1.86. The summed E-state index contributed by atoms with van der Waals surface area (Å²) >= 11 is 3.50. The number of hydrogen-bond acceptors (Lipinski definition) is 2. The van der Waals surface area contributed by atoms with Crippen molar-refractivity contribution in [1.29, 1.82) is 0 Å². The number of rotatable bonds is 2. The van der Waals surface area contributed by atoms with Crippen molar-refractivity contribution < 1.29 is 0 Å². The van der Waals surface area contributed by atoms with Crippen molar-refractivity contribution in [3.63, 3.8) is 0 Å². The zero-order valence-corrected chi connectivity index (χ0v) is 12.6. The number of benzene rings is 2. The lowest BCUT2D eigenvalue weighted by Crippen LogP contribution is -1.97. The third kappa shape index (κ3) is 2.23. The molecule has 0 atom stereocenters. The average molecular weight is 328 g/mol. The molecule has 0 saturated heterocycles. The molecule has 2 aromatic carbocycles. The fourth-order valence-electron chi connectivity index (χ4n) is 2.26. The Morgan fingerprint density at radius 3 is 2.40 bits per heavy atom. The fraction of sp³-hybridized carbons (Fsp3) is 0.0625. The Kier molecular flexibility index (Phi) is 3.32. The molecule has 0 spiro atoms. The van der Waals surface area contributed by atoms with E-state index < -0.39 is 0 Å². The summed E-state index contributed by atoms with van der Waals surface area (Å²) in [6.45, 7) is 0. The third-order valence-corrected chi connectivity index (χ3v) is 3.75. The first kappa shape index (κ1) is 12.9. The Bertz CT molecular complexity index is 748. The van der Waals surface area contributed by atoms with Gasteiger partial charge in [0.05, 0.1) is 5.56 Å². The molecule has 0 unspecified atom stereocenters. The van der Waals surface area contributed by atoms with Gasteiger partial charge >= 0.3 is 0 Å². The third-order valence-electron chi connectivity index (χ3n) is 3.25. The SMILES string of the molecule is Cn1nc(-c2cccc(Br)c2)c(-c2ccccc2)c1N. The van der Waals surface area contributed by atoms with Gasteiger partial charge in [-0.15, -0.1) is 0 Å². The van der Waals surface area contributed by atoms with Gasteiger partial charge in [-0.1, -0.05) is 58.4 Å². The summed E-state index contributed by atoms with van der Waals surface area (Å²) in [6, 6.07) is 18.2. The van der Waals surface area contributed by atoms with Gasteiger partial charge in [-0.25, -0.2) is 0 Å². The van der Waals surface area contributed by atoms with Crippen molar-refractivity contribution in [2.45, 2.75) is 0 Å². The smallest absolute Gasteiger partial charge is 0.129 e. The predicted molar refractivity (Wildman–Crippen MR) is 86.2 cm³/mol. The Morgan fingerprint density at radius 2 is 1.70 bits per heavy atom. The maximum Gasteiger partial charge on any atom is 0.129 e. The molecule has 0 radical (unpaired) electrons. The molecule has 1 heterocycles. The topological polar surface area (TPSA) is 43.8 Å². The summed E-state index contributed by atoms with van der Waals surface area (Å²) in [5.41, 5.74) is 10.2. The second-order valence-electron chi connectivity index (χ2n) is 4.61. The van der Waals surface area contributed by atoms with E-state index in [9.17, 15) is 0 Å². The van der Waals surface area contributed by atoms with Gasteiger partial charge in [0.2, 0.25) is 0 Å². The first-order chi connectivity index (χ1) is 9.66. The van der Waals surface area contributed by atoms with Crippen molar-refractivity contribution in [2.24, 2.45) is 7.05 Å². The number of nitrogen functional groups attached to an aromatic ring is 1. The molecule has 4 heteroatoms. The first-order valence-electron chi connectivity index (χ1n) is 6.30. The molecular formula is C16H14BrN3. The normalized spacial score (nSPS) is 10.7. The molecule has 20 heavy (non-hydrogen) atoms. The van der Waals surface area contributed by atoms with E-state index >= 15 is 0 Å². The summed E-state index contributed by atoms with van der Waals surface area (Å²) < 4.78 is 2.75. The molecule has 0 fully saturated rings. The second-order valence-corrected chi connectivity index (χ2v) is 5.52. The molecule has 3 rings (SSSR count). The van der Waals surface area contributed by atoms with Crippen molar-refractivity contribution in [3.05, 3.63) is 59.1 Å². The Hall–Kier alpha value is -2.07. The molecule has 0 aliphatic carbocycles. The van der Waals surface area contributed by atoms with Crippen LogP contribution >= 0.6 is 15.9 Å². The van der Waals surface area contributed by atoms with Crippen molar-refractivity contribution in [3.8, 4) is 22.4 Å². The van der Waals surface area contributed by atoms with E-state index in [4.69, 9.17) is 5.73 Å². The number of anilines is 1. The number of hydrogen-bond donors (Lipinski definition) is 1. The number of nitrogens with zero attached hydrogens (tertiary/aromatic N) is 2. The molecule has 3 aromatic rings. The summed E-state index contributed by atoms with van der Waals surface area (Å²) in [5.74, 6) is 0.672. The molecule has 0 saturated carbocycles. The van der Waals surface area contributed by atoms with E-state index in [1.165, 1.54) is 0 Å². The van der Waals surface area contributed by atoms with Crippen LogP contribution in [0.25, 0.3) is 22.4 Å². The van der Waals surface area contributed by atoms with E-state index in [-0.39, 0.29) is 0 Å².